The maximum atomic E-state index is 14.1. The minimum Gasteiger partial charge on any atom is -0.497 e. The summed E-state index contributed by atoms with van der Waals surface area (Å²) in [7, 11) is 3.25. The zero-order valence-electron chi connectivity index (χ0n) is 25.6. The van der Waals surface area contributed by atoms with E-state index in [4.69, 9.17) is 19.0 Å². The van der Waals surface area contributed by atoms with Gasteiger partial charge in [0.15, 0.2) is 0 Å². The number of anilines is 1. The molecule has 1 aliphatic rings. The lowest BCUT2D eigenvalue weighted by molar-refractivity contribution is -0.123. The molecule has 5 aromatic rings. The molecular formula is C35H34N4O5S. The second kappa shape index (κ2) is 13.0. The molecule has 10 heteroatoms. The summed E-state index contributed by atoms with van der Waals surface area (Å²) in [5, 5.41) is 7.74. The molecule has 2 aromatic heterocycles. The minimum atomic E-state index is -0.376. The summed E-state index contributed by atoms with van der Waals surface area (Å²) < 4.78 is 18.7. The number of carbonyl (C=O) groups excluding carboxylic acids is 2. The van der Waals surface area contributed by atoms with Gasteiger partial charge >= 0.3 is 0 Å². The van der Waals surface area contributed by atoms with Gasteiger partial charge < -0.3 is 19.2 Å². The first-order valence-corrected chi connectivity index (χ1v) is 15.6. The van der Waals surface area contributed by atoms with E-state index >= 15 is 0 Å². The maximum Gasteiger partial charge on any atom is 0.240 e. The number of nitrogens with zero attached hydrogens (tertiary/aromatic N) is 3. The van der Waals surface area contributed by atoms with E-state index in [0.717, 1.165) is 33.5 Å². The number of furan rings is 1. The summed E-state index contributed by atoms with van der Waals surface area (Å²) in [6, 6.07) is 25.1. The molecule has 0 saturated heterocycles. The lowest BCUT2D eigenvalue weighted by Crippen LogP contribution is -2.42. The van der Waals surface area contributed by atoms with Crippen LogP contribution in [0.3, 0.4) is 0 Å². The van der Waals surface area contributed by atoms with Crippen LogP contribution in [0.4, 0.5) is 5.82 Å². The SMILES string of the molecule is COc1ccc(OC)c(C2SCC(=O)N(CC(=O)NCc3ccco3)c3c2c(-c2ccccc2)nn3-c2cccc(C)c2C)c1. The van der Waals surface area contributed by atoms with Crippen molar-refractivity contribution >= 4 is 29.4 Å². The van der Waals surface area contributed by atoms with Crippen molar-refractivity contribution in [2.75, 3.05) is 31.4 Å². The van der Waals surface area contributed by atoms with E-state index in [9.17, 15) is 9.59 Å². The van der Waals surface area contributed by atoms with E-state index in [1.165, 1.54) is 11.8 Å². The molecule has 1 N–H and O–H groups in total. The van der Waals surface area contributed by atoms with Gasteiger partial charge in [0.05, 0.1) is 49.4 Å². The summed E-state index contributed by atoms with van der Waals surface area (Å²) in [6.07, 6.45) is 1.56. The minimum absolute atomic E-state index is 0.131. The van der Waals surface area contributed by atoms with Crippen LogP contribution in [0.1, 0.15) is 33.3 Å². The Balaban J connectivity index is 1.60. The number of methoxy groups -OCH3 is 2. The number of carbonyl (C=O) groups is 2. The van der Waals surface area contributed by atoms with E-state index < -0.39 is 0 Å². The Bertz CT molecular complexity index is 1830. The second-order valence-corrected chi connectivity index (χ2v) is 11.8. The first kappa shape index (κ1) is 30.1. The highest BCUT2D eigenvalue weighted by Gasteiger charge is 2.39. The quantitative estimate of drug-likeness (QED) is 0.207. The predicted octanol–water partition coefficient (Wildman–Crippen LogP) is 6.25. The highest BCUT2D eigenvalue weighted by molar-refractivity contribution is 8.00. The summed E-state index contributed by atoms with van der Waals surface area (Å²) in [5.74, 6) is 2.11. The first-order chi connectivity index (χ1) is 21.9. The Labute approximate surface area is 266 Å². The average Bonchev–Trinajstić information content (AvgIpc) is 3.70. The van der Waals surface area contributed by atoms with Gasteiger partial charge in [0.25, 0.3) is 0 Å². The summed E-state index contributed by atoms with van der Waals surface area (Å²) in [6.45, 7) is 4.10. The molecule has 9 nitrogen and oxygen atoms in total. The number of aryl methyl sites for hydroxylation is 1. The van der Waals surface area contributed by atoms with Crippen LogP contribution >= 0.6 is 11.8 Å². The second-order valence-electron chi connectivity index (χ2n) is 10.7. The van der Waals surface area contributed by atoms with E-state index in [-0.39, 0.29) is 35.9 Å². The molecule has 230 valence electrons. The van der Waals surface area contributed by atoms with Crippen LogP contribution in [0.15, 0.2) is 89.5 Å². The van der Waals surface area contributed by atoms with Crippen LogP contribution in [-0.4, -0.2) is 48.1 Å². The molecule has 1 atom stereocenters. The number of benzene rings is 3. The third kappa shape index (κ3) is 5.93. The van der Waals surface area contributed by atoms with Gasteiger partial charge in [0, 0.05) is 16.7 Å². The van der Waals surface area contributed by atoms with Crippen LogP contribution in [-0.2, 0) is 16.1 Å². The highest BCUT2D eigenvalue weighted by atomic mass is 32.2. The summed E-state index contributed by atoms with van der Waals surface area (Å²) in [4.78, 5) is 29.1. The number of fused-ring (bicyclic) bond motifs is 1. The van der Waals surface area contributed by atoms with Gasteiger partial charge in [0.2, 0.25) is 11.8 Å². The molecule has 1 aliphatic heterocycles. The van der Waals surface area contributed by atoms with Crippen molar-refractivity contribution in [3.05, 3.63) is 113 Å². The standard InChI is InChI=1S/C35H34N4O5S/c1-22-10-8-14-28(23(22)2)39-35-32(33(37-39)24-11-6-5-7-12-24)34(27-18-25(42-3)15-16-29(27)43-4)45-21-31(41)38(35)20-30(40)36-19-26-13-9-17-44-26/h5-18,34H,19-21H2,1-4H3,(H,36,40). The number of aromatic nitrogens is 2. The maximum absolute atomic E-state index is 14.1. The third-order valence-electron chi connectivity index (χ3n) is 8.00. The molecule has 0 aliphatic carbocycles. The van der Waals surface area contributed by atoms with Crippen LogP contribution in [0, 0.1) is 13.8 Å². The number of ether oxygens (including phenoxy) is 2. The number of rotatable bonds is 9. The predicted molar refractivity (Wildman–Crippen MR) is 175 cm³/mol. The van der Waals surface area contributed by atoms with Crippen molar-refractivity contribution in [3.63, 3.8) is 0 Å². The van der Waals surface area contributed by atoms with Crippen LogP contribution < -0.4 is 19.7 Å². The van der Waals surface area contributed by atoms with Crippen molar-refractivity contribution in [3.8, 4) is 28.4 Å². The Hall–Kier alpha value is -4.96. The van der Waals surface area contributed by atoms with E-state index in [1.54, 1.807) is 37.5 Å². The molecule has 2 amide bonds. The first-order valence-electron chi connectivity index (χ1n) is 14.6. The molecule has 0 saturated carbocycles. The number of nitrogens with one attached hydrogen (secondary N) is 1. The number of hydrogen-bond acceptors (Lipinski definition) is 7. The van der Waals surface area contributed by atoms with Crippen molar-refractivity contribution in [1.29, 1.82) is 0 Å². The van der Waals surface area contributed by atoms with E-state index in [0.29, 0.717) is 28.8 Å². The fraction of sp³-hybridized carbons (Fsp3) is 0.229. The van der Waals surface area contributed by atoms with Gasteiger partial charge in [-0.15, -0.1) is 11.8 Å². The molecule has 0 radical (unpaired) electrons. The molecule has 6 rings (SSSR count). The molecule has 0 spiro atoms. The van der Waals surface area contributed by atoms with Crippen molar-refractivity contribution in [1.82, 2.24) is 15.1 Å². The fourth-order valence-electron chi connectivity index (χ4n) is 5.55. The zero-order valence-corrected chi connectivity index (χ0v) is 26.4. The highest BCUT2D eigenvalue weighted by Crippen LogP contribution is 2.51. The van der Waals surface area contributed by atoms with Gasteiger partial charge in [-0.3, -0.25) is 14.5 Å². The van der Waals surface area contributed by atoms with Crippen LogP contribution in [0.2, 0.25) is 0 Å². The third-order valence-corrected chi connectivity index (χ3v) is 9.24. The molecular weight excluding hydrogens is 588 g/mol. The van der Waals surface area contributed by atoms with Crippen LogP contribution in [0.25, 0.3) is 16.9 Å². The Kier molecular flexibility index (Phi) is 8.66. The topological polar surface area (TPSA) is 98.8 Å². The Morgan fingerprint density at radius 3 is 2.58 bits per heavy atom. The number of thioether (sulfide) groups is 1. The van der Waals surface area contributed by atoms with Gasteiger partial charge in [0.1, 0.15) is 29.6 Å². The van der Waals surface area contributed by atoms with Crippen molar-refractivity contribution in [2.24, 2.45) is 0 Å². The van der Waals surface area contributed by atoms with Gasteiger partial charge in [-0.2, -0.15) is 5.10 Å². The van der Waals surface area contributed by atoms with Crippen LogP contribution in [0.5, 0.6) is 11.5 Å². The van der Waals surface area contributed by atoms with Gasteiger partial charge in [-0.1, -0.05) is 42.5 Å². The molecule has 3 heterocycles. The lowest BCUT2D eigenvalue weighted by Gasteiger charge is -2.24. The van der Waals surface area contributed by atoms with Gasteiger partial charge in [-0.25, -0.2) is 4.68 Å². The Morgan fingerprint density at radius 2 is 1.84 bits per heavy atom. The van der Waals surface area contributed by atoms with E-state index in [1.807, 2.05) is 85.3 Å². The molecule has 3 aromatic carbocycles. The van der Waals surface area contributed by atoms with E-state index in [2.05, 4.69) is 5.32 Å². The summed E-state index contributed by atoms with van der Waals surface area (Å²) >= 11 is 1.48. The Morgan fingerprint density at radius 1 is 1.02 bits per heavy atom. The lowest BCUT2D eigenvalue weighted by atomic mass is 9.98. The largest absolute Gasteiger partial charge is 0.497 e. The molecule has 1 unspecified atom stereocenters. The zero-order chi connectivity index (χ0) is 31.5. The molecule has 0 fully saturated rings. The number of hydrogen-bond donors (Lipinski definition) is 1. The average molecular weight is 623 g/mol. The van der Waals surface area contributed by atoms with Crippen molar-refractivity contribution in [2.45, 2.75) is 25.6 Å². The van der Waals surface area contributed by atoms with Crippen molar-refractivity contribution < 1.29 is 23.5 Å². The monoisotopic (exact) mass is 622 g/mol. The smallest absolute Gasteiger partial charge is 0.240 e. The molecule has 45 heavy (non-hydrogen) atoms. The fourth-order valence-corrected chi connectivity index (χ4v) is 6.76. The van der Waals surface area contributed by atoms with Gasteiger partial charge in [-0.05, 0) is 61.4 Å². The molecule has 0 bridgehead atoms. The number of amides is 2. The normalized spacial score (nSPS) is 14.5. The summed E-state index contributed by atoms with van der Waals surface area (Å²) in [5.41, 5.74) is 6.18.